The molecule has 1 heterocycles. The van der Waals surface area contributed by atoms with Gasteiger partial charge in [-0.2, -0.15) is 0 Å². The van der Waals surface area contributed by atoms with Crippen LogP contribution in [0.15, 0.2) is 0 Å². The first-order chi connectivity index (χ1) is 6.82. The van der Waals surface area contributed by atoms with E-state index >= 15 is 0 Å². The van der Waals surface area contributed by atoms with Gasteiger partial charge in [-0.1, -0.05) is 45.2 Å². The lowest BCUT2D eigenvalue weighted by atomic mass is 9.85. The molecule has 88 valence electrons. The Bertz CT molecular complexity index is 238. The van der Waals surface area contributed by atoms with E-state index in [0.717, 1.165) is 21.9 Å². The van der Waals surface area contributed by atoms with Crippen LogP contribution in [0, 0.1) is 5.41 Å². The summed E-state index contributed by atoms with van der Waals surface area (Å²) in [5.74, 6) is 0. The van der Waals surface area contributed by atoms with E-state index < -0.39 is 0 Å². The van der Waals surface area contributed by atoms with E-state index in [9.17, 15) is 4.79 Å². The number of hydrogen-bond acceptors (Lipinski definition) is 2. The van der Waals surface area contributed by atoms with Gasteiger partial charge in [0, 0.05) is 27.4 Å². The largest absolute Gasteiger partial charge is 0.444 e. The third-order valence-electron chi connectivity index (χ3n) is 2.27. The Morgan fingerprint density at radius 3 is 2.13 bits per heavy atom. The van der Waals surface area contributed by atoms with Crippen LogP contribution in [0.1, 0.15) is 20.8 Å². The van der Waals surface area contributed by atoms with Gasteiger partial charge in [-0.25, -0.2) is 4.79 Å². The summed E-state index contributed by atoms with van der Waals surface area (Å²) in [4.78, 5) is 13.5. The summed E-state index contributed by atoms with van der Waals surface area (Å²) in [6.45, 7) is 7.37. The third kappa shape index (κ3) is 3.61. The average molecular weight is 437 g/mol. The molecule has 1 amide bonds. The van der Waals surface area contributed by atoms with Crippen molar-refractivity contribution in [2.45, 2.75) is 26.4 Å². The zero-order valence-corrected chi connectivity index (χ0v) is 13.7. The highest BCUT2D eigenvalue weighted by molar-refractivity contribution is 14.1. The molecule has 15 heavy (non-hydrogen) atoms. The topological polar surface area (TPSA) is 29.5 Å². The molecule has 0 aromatic rings. The van der Waals surface area contributed by atoms with Crippen molar-refractivity contribution < 1.29 is 9.53 Å². The fraction of sp³-hybridized carbons (Fsp3) is 0.900. The number of carbonyl (C=O) groups excluding carboxylic acids is 1. The van der Waals surface area contributed by atoms with E-state index in [4.69, 9.17) is 4.74 Å². The Balaban J connectivity index is 2.42. The normalized spacial score (nSPS) is 19.7. The minimum atomic E-state index is -0.385. The molecule has 0 bridgehead atoms. The van der Waals surface area contributed by atoms with Crippen molar-refractivity contribution in [2.75, 3.05) is 21.9 Å². The second-order valence-electron chi connectivity index (χ2n) is 5.10. The SMILES string of the molecule is CC(C)(C)OC(=O)N1CC(CI)(CI)C1. The average Bonchev–Trinajstić information content (AvgIpc) is 2.00. The lowest BCUT2D eigenvalue weighted by molar-refractivity contribution is -0.0173. The highest BCUT2D eigenvalue weighted by atomic mass is 127. The Morgan fingerprint density at radius 1 is 1.33 bits per heavy atom. The molecular weight excluding hydrogens is 420 g/mol. The molecule has 5 heteroatoms. The van der Waals surface area contributed by atoms with Crippen LogP contribution in [0.4, 0.5) is 4.79 Å². The Kier molecular flexibility index (Phi) is 4.53. The number of likely N-dealkylation sites (tertiary alicyclic amines) is 1. The second kappa shape index (κ2) is 4.93. The second-order valence-corrected chi connectivity index (χ2v) is 6.63. The monoisotopic (exact) mass is 437 g/mol. The number of carbonyl (C=O) groups is 1. The van der Waals surface area contributed by atoms with Crippen molar-refractivity contribution in [3.8, 4) is 0 Å². The van der Waals surface area contributed by atoms with E-state index in [1.54, 1.807) is 4.90 Å². The first-order valence-corrected chi connectivity index (χ1v) is 7.97. The molecule has 0 aromatic heterocycles. The molecular formula is C10H17I2NO2. The van der Waals surface area contributed by atoms with E-state index in [-0.39, 0.29) is 11.7 Å². The smallest absolute Gasteiger partial charge is 0.410 e. The minimum Gasteiger partial charge on any atom is -0.444 e. The number of ether oxygens (including phenoxy) is 1. The minimum absolute atomic E-state index is 0.173. The predicted molar refractivity (Wildman–Crippen MR) is 78.0 cm³/mol. The molecule has 0 spiro atoms. The van der Waals surface area contributed by atoms with Crippen molar-refractivity contribution in [1.29, 1.82) is 0 Å². The lowest BCUT2D eigenvalue weighted by Gasteiger charge is -2.48. The first-order valence-electron chi connectivity index (χ1n) is 4.92. The maximum Gasteiger partial charge on any atom is 0.410 e. The summed E-state index contributed by atoms with van der Waals surface area (Å²) >= 11 is 4.79. The molecule has 0 N–H and O–H groups in total. The van der Waals surface area contributed by atoms with Gasteiger partial charge in [0.25, 0.3) is 0 Å². The molecule has 3 nitrogen and oxygen atoms in total. The number of rotatable bonds is 2. The van der Waals surface area contributed by atoms with Gasteiger partial charge in [0.15, 0.2) is 0 Å². The van der Waals surface area contributed by atoms with E-state index in [2.05, 4.69) is 45.2 Å². The number of amides is 1. The summed E-state index contributed by atoms with van der Waals surface area (Å²) in [7, 11) is 0. The van der Waals surface area contributed by atoms with Gasteiger partial charge in [0.2, 0.25) is 0 Å². The highest BCUT2D eigenvalue weighted by Gasteiger charge is 2.44. The van der Waals surface area contributed by atoms with Crippen LogP contribution in [0.3, 0.4) is 0 Å². The van der Waals surface area contributed by atoms with Crippen LogP contribution in [-0.4, -0.2) is 38.5 Å². The van der Waals surface area contributed by atoms with E-state index in [0.29, 0.717) is 5.41 Å². The third-order valence-corrected chi connectivity index (χ3v) is 5.51. The number of alkyl halides is 2. The maximum atomic E-state index is 11.7. The number of hydrogen-bond donors (Lipinski definition) is 0. The summed E-state index contributed by atoms with van der Waals surface area (Å²) in [5.41, 5.74) is -0.0536. The number of nitrogens with zero attached hydrogens (tertiary/aromatic N) is 1. The molecule has 0 aromatic carbocycles. The predicted octanol–water partition coefficient (Wildman–Crippen LogP) is 3.09. The zero-order valence-electron chi connectivity index (χ0n) is 9.35. The molecule has 1 fully saturated rings. The summed E-state index contributed by atoms with van der Waals surface area (Å²) < 4.78 is 7.51. The molecule has 1 saturated heterocycles. The molecule has 0 unspecified atom stereocenters. The Morgan fingerprint density at radius 2 is 1.80 bits per heavy atom. The van der Waals surface area contributed by atoms with Crippen LogP contribution >= 0.6 is 45.2 Å². The first kappa shape index (κ1) is 13.8. The molecule has 0 atom stereocenters. The van der Waals surface area contributed by atoms with Gasteiger partial charge in [0.1, 0.15) is 5.60 Å². The van der Waals surface area contributed by atoms with Gasteiger partial charge in [-0.05, 0) is 20.8 Å². The van der Waals surface area contributed by atoms with Crippen LogP contribution in [0.25, 0.3) is 0 Å². The van der Waals surface area contributed by atoms with Gasteiger partial charge in [-0.3, -0.25) is 0 Å². The van der Waals surface area contributed by atoms with Crippen molar-refractivity contribution in [1.82, 2.24) is 4.90 Å². The summed E-state index contributed by atoms with van der Waals surface area (Å²) in [6, 6.07) is 0. The maximum absolute atomic E-state index is 11.7. The van der Waals surface area contributed by atoms with Crippen molar-refractivity contribution >= 4 is 51.3 Å². The molecule has 0 saturated carbocycles. The highest BCUT2D eigenvalue weighted by Crippen LogP contribution is 2.35. The fourth-order valence-electron chi connectivity index (χ4n) is 1.42. The van der Waals surface area contributed by atoms with Crippen molar-refractivity contribution in [3.05, 3.63) is 0 Å². The zero-order chi connectivity index (χ0) is 11.7. The van der Waals surface area contributed by atoms with Crippen LogP contribution in [0.5, 0.6) is 0 Å². The van der Waals surface area contributed by atoms with Gasteiger partial charge in [0.05, 0.1) is 0 Å². The quantitative estimate of drug-likeness (QED) is 0.491. The molecule has 1 rings (SSSR count). The summed E-state index contributed by atoms with van der Waals surface area (Å²) in [5, 5.41) is 0. The number of halogens is 2. The van der Waals surface area contributed by atoms with E-state index in [1.165, 1.54) is 0 Å². The fourth-order valence-corrected chi connectivity index (χ4v) is 3.96. The molecule has 1 aliphatic rings. The van der Waals surface area contributed by atoms with Crippen LogP contribution in [-0.2, 0) is 4.74 Å². The van der Waals surface area contributed by atoms with Gasteiger partial charge >= 0.3 is 6.09 Å². The van der Waals surface area contributed by atoms with Gasteiger partial charge < -0.3 is 9.64 Å². The van der Waals surface area contributed by atoms with Crippen LogP contribution < -0.4 is 0 Å². The van der Waals surface area contributed by atoms with Gasteiger partial charge in [-0.15, -0.1) is 0 Å². The van der Waals surface area contributed by atoms with Crippen molar-refractivity contribution in [3.63, 3.8) is 0 Å². The molecule has 0 radical (unpaired) electrons. The molecule has 0 aliphatic carbocycles. The van der Waals surface area contributed by atoms with Crippen LogP contribution in [0.2, 0.25) is 0 Å². The van der Waals surface area contributed by atoms with E-state index in [1.807, 2.05) is 20.8 Å². The lowest BCUT2D eigenvalue weighted by Crippen LogP contribution is -2.61. The Labute approximate surface area is 119 Å². The standard InChI is InChI=1S/C10H17I2NO2/c1-9(2,3)15-8(14)13-6-10(4-11,5-12)7-13/h4-7H2,1-3H3. The molecule has 1 aliphatic heterocycles. The summed E-state index contributed by atoms with van der Waals surface area (Å²) in [6.07, 6.45) is -0.173. The van der Waals surface area contributed by atoms with Crippen molar-refractivity contribution in [2.24, 2.45) is 5.41 Å². The Hall–Kier alpha value is 0.730.